The van der Waals surface area contributed by atoms with Crippen molar-refractivity contribution < 1.29 is 14.4 Å². The van der Waals surface area contributed by atoms with Gasteiger partial charge < -0.3 is 9.47 Å². The van der Waals surface area contributed by atoms with E-state index in [0.29, 0.717) is 19.6 Å². The van der Waals surface area contributed by atoms with Gasteiger partial charge in [0.2, 0.25) is 6.04 Å². The van der Waals surface area contributed by atoms with Gasteiger partial charge in [-0.05, 0) is 12.5 Å². The van der Waals surface area contributed by atoms with Gasteiger partial charge in [-0.1, -0.05) is 38.0 Å². The lowest BCUT2D eigenvalue weighted by atomic mass is 9.99. The number of hydrogen-bond acceptors (Lipinski definition) is 4. The molecule has 0 radical (unpaired) electrons. The van der Waals surface area contributed by atoms with Crippen LogP contribution in [0.25, 0.3) is 0 Å². The molecule has 1 aliphatic rings. The van der Waals surface area contributed by atoms with Gasteiger partial charge >= 0.3 is 0 Å². The number of nitro groups is 1. The fourth-order valence-electron chi connectivity index (χ4n) is 2.45. The molecule has 2 rings (SSSR count). The summed E-state index contributed by atoms with van der Waals surface area (Å²) in [7, 11) is 0. The minimum atomic E-state index is -0.636. The molecule has 1 atom stereocenters. The molecule has 20 heavy (non-hydrogen) atoms. The molecule has 0 amide bonds. The highest BCUT2D eigenvalue weighted by molar-refractivity contribution is 5.26. The zero-order valence-electron chi connectivity index (χ0n) is 11.8. The molecular weight excluding hydrogens is 258 g/mol. The van der Waals surface area contributed by atoms with E-state index < -0.39 is 6.04 Å². The van der Waals surface area contributed by atoms with E-state index in [0.717, 1.165) is 30.4 Å². The molecule has 1 fully saturated rings. The van der Waals surface area contributed by atoms with Crippen LogP contribution in [-0.4, -0.2) is 18.1 Å². The Morgan fingerprint density at radius 2 is 2.10 bits per heavy atom. The first-order valence-electron chi connectivity index (χ1n) is 7.19. The van der Waals surface area contributed by atoms with Crippen LogP contribution < -0.4 is 0 Å². The average molecular weight is 279 g/mol. The van der Waals surface area contributed by atoms with Gasteiger partial charge in [-0.15, -0.1) is 0 Å². The predicted molar refractivity (Wildman–Crippen MR) is 75.0 cm³/mol. The number of nitrogens with zero attached hydrogens (tertiary/aromatic N) is 1. The summed E-state index contributed by atoms with van der Waals surface area (Å²) in [4.78, 5) is 11.1. The summed E-state index contributed by atoms with van der Waals surface area (Å²) in [5.41, 5.74) is 1.60. The van der Waals surface area contributed by atoms with E-state index in [4.69, 9.17) is 9.47 Å². The Balaban J connectivity index is 2.11. The van der Waals surface area contributed by atoms with Gasteiger partial charge in [-0.2, -0.15) is 0 Å². The van der Waals surface area contributed by atoms with Crippen LogP contribution in [-0.2, 0) is 9.47 Å². The molecule has 0 saturated carbocycles. The van der Waals surface area contributed by atoms with Crippen molar-refractivity contribution in [3.8, 4) is 0 Å². The van der Waals surface area contributed by atoms with Crippen LogP contribution in [0, 0.1) is 10.1 Å². The second-order valence-electron chi connectivity index (χ2n) is 5.04. The minimum Gasteiger partial charge on any atom is -0.346 e. The standard InChI is InChI=1S/C15H21NO4/c1-2-3-4-8-14(16(17)18)12-6-5-7-13(11-12)15-19-9-10-20-15/h5-7,11,14-15H,2-4,8-10H2,1H3. The minimum absolute atomic E-state index is 0.189. The van der Waals surface area contributed by atoms with Crippen molar-refractivity contribution >= 4 is 0 Å². The summed E-state index contributed by atoms with van der Waals surface area (Å²) < 4.78 is 10.9. The lowest BCUT2D eigenvalue weighted by molar-refractivity contribution is -0.530. The molecule has 1 saturated heterocycles. The molecule has 5 heteroatoms. The monoisotopic (exact) mass is 279 g/mol. The average Bonchev–Trinajstić information content (AvgIpc) is 2.97. The maximum absolute atomic E-state index is 11.3. The Morgan fingerprint density at radius 3 is 2.75 bits per heavy atom. The molecule has 110 valence electrons. The Morgan fingerprint density at radius 1 is 1.35 bits per heavy atom. The maximum atomic E-state index is 11.3. The lowest BCUT2D eigenvalue weighted by Crippen LogP contribution is -2.11. The molecule has 1 unspecified atom stereocenters. The van der Waals surface area contributed by atoms with E-state index in [-0.39, 0.29) is 11.2 Å². The number of hydrogen-bond donors (Lipinski definition) is 0. The third-order valence-corrected chi connectivity index (χ3v) is 3.53. The van der Waals surface area contributed by atoms with Gasteiger partial charge in [0.1, 0.15) is 0 Å². The van der Waals surface area contributed by atoms with Crippen LogP contribution >= 0.6 is 0 Å². The highest BCUT2D eigenvalue weighted by atomic mass is 16.7. The summed E-state index contributed by atoms with van der Waals surface area (Å²) in [6, 6.07) is 6.75. The van der Waals surface area contributed by atoms with Crippen molar-refractivity contribution in [3.63, 3.8) is 0 Å². The first kappa shape index (κ1) is 14.9. The molecule has 1 aromatic rings. The number of benzene rings is 1. The van der Waals surface area contributed by atoms with Gasteiger partial charge in [-0.25, -0.2) is 0 Å². The van der Waals surface area contributed by atoms with E-state index >= 15 is 0 Å². The third-order valence-electron chi connectivity index (χ3n) is 3.53. The van der Waals surface area contributed by atoms with Crippen LogP contribution in [0.15, 0.2) is 24.3 Å². The first-order chi connectivity index (χ1) is 9.72. The molecule has 0 spiro atoms. The molecule has 1 heterocycles. The number of rotatable bonds is 7. The van der Waals surface area contributed by atoms with E-state index in [1.165, 1.54) is 0 Å². The van der Waals surface area contributed by atoms with E-state index in [2.05, 4.69) is 6.92 Å². The van der Waals surface area contributed by atoms with Gasteiger partial charge in [-0.3, -0.25) is 10.1 Å². The number of unbranched alkanes of at least 4 members (excludes halogenated alkanes) is 2. The quantitative estimate of drug-likeness (QED) is 0.434. The van der Waals surface area contributed by atoms with Crippen molar-refractivity contribution in [2.24, 2.45) is 0 Å². The molecule has 5 nitrogen and oxygen atoms in total. The van der Waals surface area contributed by atoms with Gasteiger partial charge in [0.15, 0.2) is 6.29 Å². The summed E-state index contributed by atoms with van der Waals surface area (Å²) in [6.07, 6.45) is 3.17. The predicted octanol–water partition coefficient (Wildman–Crippen LogP) is 3.63. The van der Waals surface area contributed by atoms with Gasteiger partial charge in [0.25, 0.3) is 0 Å². The fourth-order valence-corrected chi connectivity index (χ4v) is 2.45. The van der Waals surface area contributed by atoms with Crippen LogP contribution in [0.4, 0.5) is 0 Å². The second kappa shape index (κ2) is 7.36. The fraction of sp³-hybridized carbons (Fsp3) is 0.600. The molecule has 1 aromatic carbocycles. The highest BCUT2D eigenvalue weighted by Crippen LogP contribution is 2.28. The number of ether oxygens (including phenoxy) is 2. The maximum Gasteiger partial charge on any atom is 0.238 e. The van der Waals surface area contributed by atoms with Crippen molar-refractivity contribution in [2.45, 2.75) is 44.9 Å². The van der Waals surface area contributed by atoms with Crippen LogP contribution in [0.1, 0.15) is 56.1 Å². The van der Waals surface area contributed by atoms with E-state index in [9.17, 15) is 10.1 Å². The summed E-state index contributed by atoms with van der Waals surface area (Å²) in [5.74, 6) is 0. The first-order valence-corrected chi connectivity index (χ1v) is 7.19. The third kappa shape index (κ3) is 3.77. The van der Waals surface area contributed by atoms with Crippen LogP contribution in [0.5, 0.6) is 0 Å². The second-order valence-corrected chi connectivity index (χ2v) is 5.04. The Hall–Kier alpha value is -1.46. The van der Waals surface area contributed by atoms with Gasteiger partial charge in [0, 0.05) is 22.5 Å². The van der Waals surface area contributed by atoms with Crippen LogP contribution in [0.2, 0.25) is 0 Å². The summed E-state index contributed by atoms with van der Waals surface area (Å²) in [5, 5.41) is 11.3. The van der Waals surface area contributed by atoms with Gasteiger partial charge in [0.05, 0.1) is 13.2 Å². The van der Waals surface area contributed by atoms with Crippen LogP contribution in [0.3, 0.4) is 0 Å². The summed E-state index contributed by atoms with van der Waals surface area (Å²) >= 11 is 0. The summed E-state index contributed by atoms with van der Waals surface area (Å²) in [6.45, 7) is 3.24. The molecule has 0 bridgehead atoms. The highest BCUT2D eigenvalue weighted by Gasteiger charge is 2.25. The van der Waals surface area contributed by atoms with E-state index in [1.54, 1.807) is 0 Å². The SMILES string of the molecule is CCCCCC(c1cccc(C2OCCO2)c1)[N+](=O)[O-]. The largest absolute Gasteiger partial charge is 0.346 e. The molecule has 0 N–H and O–H groups in total. The smallest absolute Gasteiger partial charge is 0.238 e. The normalized spacial score (nSPS) is 17.2. The Bertz CT molecular complexity index is 443. The van der Waals surface area contributed by atoms with E-state index in [1.807, 2.05) is 24.3 Å². The Kier molecular flexibility index (Phi) is 5.49. The molecular formula is C15H21NO4. The Labute approximate surface area is 119 Å². The molecule has 0 aliphatic carbocycles. The van der Waals surface area contributed by atoms with Crippen molar-refractivity contribution in [3.05, 3.63) is 45.5 Å². The zero-order valence-corrected chi connectivity index (χ0v) is 11.8. The molecule has 0 aromatic heterocycles. The molecule has 1 aliphatic heterocycles. The lowest BCUT2D eigenvalue weighted by Gasteiger charge is -2.13. The van der Waals surface area contributed by atoms with Crippen molar-refractivity contribution in [1.82, 2.24) is 0 Å². The van der Waals surface area contributed by atoms with Crippen molar-refractivity contribution in [2.75, 3.05) is 13.2 Å². The zero-order chi connectivity index (χ0) is 14.4. The topological polar surface area (TPSA) is 61.6 Å². The van der Waals surface area contributed by atoms with Crippen molar-refractivity contribution in [1.29, 1.82) is 0 Å².